The Hall–Kier alpha value is -0.280. The third-order valence-corrected chi connectivity index (χ3v) is 4.43. The van der Waals surface area contributed by atoms with E-state index in [0.29, 0.717) is 37.1 Å². The van der Waals surface area contributed by atoms with Gasteiger partial charge < -0.3 is 34.0 Å². The minimum Gasteiger partial charge on any atom is -0.390 e. The number of nitrogens with zero attached hydrogens (tertiary/aromatic N) is 1. The van der Waals surface area contributed by atoms with Crippen LogP contribution in [-0.4, -0.2) is 105 Å². The first-order valence-electron chi connectivity index (χ1n) is 8.76. The molecule has 1 fully saturated rings. The van der Waals surface area contributed by atoms with Crippen LogP contribution < -0.4 is 0 Å². The van der Waals surface area contributed by atoms with Crippen molar-refractivity contribution < 1.29 is 34.0 Å². The van der Waals surface area contributed by atoms with E-state index in [-0.39, 0.29) is 18.6 Å². The fourth-order valence-corrected chi connectivity index (χ4v) is 3.21. The predicted molar refractivity (Wildman–Crippen MR) is 90.7 cm³/mol. The summed E-state index contributed by atoms with van der Waals surface area (Å²) < 4.78 is 17.3. The molecule has 1 rings (SSSR count). The average molecular weight is 350 g/mol. The van der Waals surface area contributed by atoms with Crippen molar-refractivity contribution in [2.24, 2.45) is 5.92 Å². The van der Waals surface area contributed by atoms with Gasteiger partial charge in [0, 0.05) is 26.1 Å². The normalized spacial score (nSPS) is 32.8. The van der Waals surface area contributed by atoms with Gasteiger partial charge in [-0.15, -0.1) is 0 Å². The second-order valence-electron chi connectivity index (χ2n) is 7.71. The Morgan fingerprint density at radius 2 is 1.75 bits per heavy atom. The van der Waals surface area contributed by atoms with Gasteiger partial charge in [0.2, 0.25) is 0 Å². The summed E-state index contributed by atoms with van der Waals surface area (Å²) in [5.41, 5.74) is 0. The number of aliphatic hydroxyl groups excluding tert-OH is 3. The lowest BCUT2D eigenvalue weighted by Crippen LogP contribution is -2.56. The molecule has 6 unspecified atom stereocenters. The van der Waals surface area contributed by atoms with Gasteiger partial charge in [-0.05, 0) is 6.42 Å². The van der Waals surface area contributed by atoms with Crippen LogP contribution in [0.3, 0.4) is 0 Å². The van der Waals surface area contributed by atoms with Crippen LogP contribution in [0.4, 0.5) is 0 Å². The fourth-order valence-electron chi connectivity index (χ4n) is 3.21. The minimum atomic E-state index is -0.947. The average Bonchev–Trinajstić information content (AvgIpc) is 2.47. The Kier molecular flexibility index (Phi) is 9.08. The Labute approximate surface area is 145 Å². The zero-order valence-corrected chi connectivity index (χ0v) is 15.7. The highest BCUT2D eigenvalue weighted by atomic mass is 16.6. The number of likely N-dealkylation sites (N-methyl/N-ethyl adjacent to an activating group) is 1. The Balaban J connectivity index is 2.43. The molecule has 1 aliphatic heterocycles. The third kappa shape index (κ3) is 6.92. The number of ether oxygens (including phenoxy) is 3. The maximum absolute atomic E-state index is 10.3. The summed E-state index contributed by atoms with van der Waals surface area (Å²) in [7, 11) is 7.65. The van der Waals surface area contributed by atoms with Gasteiger partial charge in [-0.2, -0.15) is 0 Å². The molecule has 144 valence electrons. The van der Waals surface area contributed by atoms with Gasteiger partial charge in [0.25, 0.3) is 0 Å². The molecule has 7 heteroatoms. The number of methoxy groups -OCH3 is 1. The molecule has 6 atom stereocenters. The highest BCUT2D eigenvalue weighted by Crippen LogP contribution is 2.29. The van der Waals surface area contributed by atoms with Gasteiger partial charge >= 0.3 is 0 Å². The molecule has 1 aliphatic rings. The van der Waals surface area contributed by atoms with Crippen molar-refractivity contribution >= 4 is 0 Å². The van der Waals surface area contributed by atoms with Crippen LogP contribution in [0.25, 0.3) is 0 Å². The first-order valence-corrected chi connectivity index (χ1v) is 8.76. The van der Waals surface area contributed by atoms with Crippen molar-refractivity contribution in [2.75, 3.05) is 54.6 Å². The molecule has 1 saturated heterocycles. The van der Waals surface area contributed by atoms with E-state index in [2.05, 4.69) is 0 Å². The highest BCUT2D eigenvalue weighted by Gasteiger charge is 2.43. The summed E-state index contributed by atoms with van der Waals surface area (Å²) in [6, 6.07) is 0. The Morgan fingerprint density at radius 3 is 2.29 bits per heavy atom. The van der Waals surface area contributed by atoms with E-state index in [0.717, 1.165) is 0 Å². The van der Waals surface area contributed by atoms with Gasteiger partial charge in [0.15, 0.2) is 0 Å². The van der Waals surface area contributed by atoms with Crippen molar-refractivity contribution in [3.63, 3.8) is 0 Å². The van der Waals surface area contributed by atoms with Gasteiger partial charge in [0.05, 0.1) is 46.6 Å². The van der Waals surface area contributed by atoms with E-state index in [9.17, 15) is 15.3 Å². The number of hydrogen-bond donors (Lipinski definition) is 3. The molecular weight excluding hydrogens is 314 g/mol. The SMILES string of the molecule is CCC1C(COCCC(O)C[N+](C)(C)C)OC(COC)C(O)C1O. The van der Waals surface area contributed by atoms with E-state index in [1.807, 2.05) is 28.1 Å². The summed E-state index contributed by atoms with van der Waals surface area (Å²) in [5.74, 6) is -0.177. The van der Waals surface area contributed by atoms with Crippen molar-refractivity contribution in [1.29, 1.82) is 0 Å². The number of quaternary nitrogens is 1. The molecule has 0 aromatic rings. The standard InChI is InChI=1S/C17H36NO6/c1-6-13-14(24-15(10-22-5)17(21)16(13)20)11-23-8-7-12(19)9-18(2,3)4/h12-17,19-21H,6-11H2,1-5H3/q+1. The van der Waals surface area contributed by atoms with E-state index < -0.39 is 24.4 Å². The Bertz CT molecular complexity index is 346. The lowest BCUT2D eigenvalue weighted by molar-refractivity contribution is -0.873. The topological polar surface area (TPSA) is 88.4 Å². The van der Waals surface area contributed by atoms with Crippen LogP contribution in [0.15, 0.2) is 0 Å². The van der Waals surface area contributed by atoms with E-state index >= 15 is 0 Å². The van der Waals surface area contributed by atoms with E-state index in [1.54, 1.807) is 0 Å². The summed E-state index contributed by atoms with van der Waals surface area (Å²) in [5, 5.41) is 30.4. The summed E-state index contributed by atoms with van der Waals surface area (Å²) in [4.78, 5) is 0. The molecule has 0 spiro atoms. The molecule has 0 aromatic carbocycles. The van der Waals surface area contributed by atoms with Crippen LogP contribution >= 0.6 is 0 Å². The van der Waals surface area contributed by atoms with Gasteiger partial charge in [-0.25, -0.2) is 0 Å². The molecular formula is C17H36NO6+. The van der Waals surface area contributed by atoms with Crippen molar-refractivity contribution in [2.45, 2.75) is 50.3 Å². The zero-order chi connectivity index (χ0) is 18.3. The molecule has 7 nitrogen and oxygen atoms in total. The molecule has 0 aliphatic carbocycles. The quantitative estimate of drug-likeness (QED) is 0.368. The van der Waals surface area contributed by atoms with Crippen molar-refractivity contribution in [1.82, 2.24) is 0 Å². The monoisotopic (exact) mass is 350 g/mol. The first kappa shape index (κ1) is 21.8. The Morgan fingerprint density at radius 1 is 1.08 bits per heavy atom. The second kappa shape index (κ2) is 10.0. The van der Waals surface area contributed by atoms with Gasteiger partial charge in [-0.3, -0.25) is 0 Å². The van der Waals surface area contributed by atoms with Gasteiger partial charge in [0.1, 0.15) is 24.9 Å². The second-order valence-corrected chi connectivity index (χ2v) is 7.71. The molecule has 0 bridgehead atoms. The predicted octanol–water partition coefficient (Wildman–Crippen LogP) is -0.378. The van der Waals surface area contributed by atoms with Crippen LogP contribution in [-0.2, 0) is 14.2 Å². The van der Waals surface area contributed by atoms with E-state index in [1.165, 1.54) is 7.11 Å². The van der Waals surface area contributed by atoms with E-state index in [4.69, 9.17) is 14.2 Å². The van der Waals surface area contributed by atoms with Gasteiger partial charge in [-0.1, -0.05) is 6.92 Å². The fraction of sp³-hybridized carbons (Fsp3) is 1.00. The molecule has 3 N–H and O–H groups in total. The molecule has 1 heterocycles. The third-order valence-electron chi connectivity index (χ3n) is 4.43. The zero-order valence-electron chi connectivity index (χ0n) is 15.7. The maximum atomic E-state index is 10.3. The number of hydrogen-bond acceptors (Lipinski definition) is 6. The lowest BCUT2D eigenvalue weighted by atomic mass is 9.85. The summed E-state index contributed by atoms with van der Waals surface area (Å²) in [6.07, 6.45) is -1.79. The number of aliphatic hydroxyl groups is 3. The smallest absolute Gasteiger partial charge is 0.110 e. The molecule has 0 radical (unpaired) electrons. The van der Waals surface area contributed by atoms with Crippen LogP contribution in [0, 0.1) is 5.92 Å². The summed E-state index contributed by atoms with van der Waals surface area (Å²) in [6.45, 7) is 3.62. The first-order chi connectivity index (χ1) is 11.2. The molecule has 0 aromatic heterocycles. The molecule has 24 heavy (non-hydrogen) atoms. The highest BCUT2D eigenvalue weighted by molar-refractivity contribution is 4.91. The van der Waals surface area contributed by atoms with Crippen LogP contribution in [0.1, 0.15) is 19.8 Å². The summed E-state index contributed by atoms with van der Waals surface area (Å²) >= 11 is 0. The lowest BCUT2D eigenvalue weighted by Gasteiger charge is -2.42. The van der Waals surface area contributed by atoms with Crippen molar-refractivity contribution in [3.05, 3.63) is 0 Å². The number of rotatable bonds is 10. The van der Waals surface area contributed by atoms with Crippen molar-refractivity contribution in [3.8, 4) is 0 Å². The minimum absolute atomic E-state index is 0.177. The van der Waals surface area contributed by atoms with Crippen LogP contribution in [0.2, 0.25) is 0 Å². The largest absolute Gasteiger partial charge is 0.390 e. The maximum Gasteiger partial charge on any atom is 0.110 e. The van der Waals surface area contributed by atoms with Crippen LogP contribution in [0.5, 0.6) is 0 Å². The molecule has 0 saturated carbocycles. The molecule has 0 amide bonds.